The molecular formula is C16H27NO2. The molecule has 0 radical (unpaired) electrons. The van der Waals surface area contributed by atoms with E-state index < -0.39 is 0 Å². The van der Waals surface area contributed by atoms with E-state index in [1.807, 2.05) is 7.05 Å². The van der Waals surface area contributed by atoms with Crippen molar-refractivity contribution in [3.8, 4) is 5.75 Å². The molecule has 0 saturated carbocycles. The van der Waals surface area contributed by atoms with Crippen LogP contribution in [0.2, 0.25) is 0 Å². The van der Waals surface area contributed by atoms with Gasteiger partial charge in [0.2, 0.25) is 0 Å². The maximum absolute atomic E-state index is 5.45. The van der Waals surface area contributed by atoms with Crippen LogP contribution in [0.5, 0.6) is 5.75 Å². The summed E-state index contributed by atoms with van der Waals surface area (Å²) < 4.78 is 10.7. The molecular weight excluding hydrogens is 238 g/mol. The lowest BCUT2D eigenvalue weighted by molar-refractivity contribution is 0.150. The second-order valence-corrected chi connectivity index (χ2v) is 5.30. The van der Waals surface area contributed by atoms with Gasteiger partial charge in [-0.15, -0.1) is 0 Å². The second kappa shape index (κ2) is 8.18. The van der Waals surface area contributed by atoms with Gasteiger partial charge in [-0.05, 0) is 44.4 Å². The zero-order valence-electron chi connectivity index (χ0n) is 12.8. The minimum atomic E-state index is 0.445. The highest BCUT2D eigenvalue weighted by atomic mass is 16.5. The van der Waals surface area contributed by atoms with Gasteiger partial charge in [0.15, 0.2) is 0 Å². The summed E-state index contributed by atoms with van der Waals surface area (Å²) in [5, 5.41) is 3.40. The molecule has 0 saturated heterocycles. The van der Waals surface area contributed by atoms with Gasteiger partial charge >= 0.3 is 0 Å². The van der Waals surface area contributed by atoms with Crippen molar-refractivity contribution >= 4 is 0 Å². The molecule has 0 heterocycles. The van der Waals surface area contributed by atoms with Crippen LogP contribution < -0.4 is 10.1 Å². The van der Waals surface area contributed by atoms with E-state index in [0.717, 1.165) is 25.2 Å². The van der Waals surface area contributed by atoms with Gasteiger partial charge in [-0.2, -0.15) is 0 Å². The molecule has 3 nitrogen and oxygen atoms in total. The van der Waals surface area contributed by atoms with Gasteiger partial charge < -0.3 is 14.8 Å². The van der Waals surface area contributed by atoms with Gasteiger partial charge in [0.1, 0.15) is 5.75 Å². The van der Waals surface area contributed by atoms with Gasteiger partial charge in [-0.1, -0.05) is 24.6 Å². The predicted octanol–water partition coefficient (Wildman–Crippen LogP) is 2.81. The molecule has 0 aromatic heterocycles. The summed E-state index contributed by atoms with van der Waals surface area (Å²) in [5.74, 6) is 1.53. The first-order chi connectivity index (χ1) is 9.10. The largest absolute Gasteiger partial charge is 0.496 e. The molecule has 1 rings (SSSR count). The number of likely N-dealkylation sites (N-methyl/N-ethyl adjacent to an activating group) is 1. The lowest BCUT2D eigenvalue weighted by Crippen LogP contribution is -2.30. The third kappa shape index (κ3) is 5.21. The fourth-order valence-electron chi connectivity index (χ4n) is 2.47. The Morgan fingerprint density at radius 1 is 1.26 bits per heavy atom. The summed E-state index contributed by atoms with van der Waals surface area (Å²) in [5.41, 5.74) is 2.54. The van der Waals surface area contributed by atoms with E-state index in [1.165, 1.54) is 11.1 Å². The molecule has 2 atom stereocenters. The first-order valence-electron chi connectivity index (χ1n) is 6.90. The van der Waals surface area contributed by atoms with Gasteiger partial charge in [-0.3, -0.25) is 0 Å². The topological polar surface area (TPSA) is 30.5 Å². The summed E-state index contributed by atoms with van der Waals surface area (Å²) in [7, 11) is 5.51. The molecule has 108 valence electrons. The molecule has 3 heteroatoms. The van der Waals surface area contributed by atoms with Gasteiger partial charge in [0.05, 0.1) is 7.11 Å². The first kappa shape index (κ1) is 16.0. The minimum Gasteiger partial charge on any atom is -0.496 e. The van der Waals surface area contributed by atoms with Crippen LogP contribution in [0.1, 0.15) is 24.5 Å². The Kier molecular flexibility index (Phi) is 6.89. The van der Waals surface area contributed by atoms with E-state index in [9.17, 15) is 0 Å². The van der Waals surface area contributed by atoms with E-state index in [-0.39, 0.29) is 0 Å². The number of hydrogen-bond donors (Lipinski definition) is 1. The monoisotopic (exact) mass is 265 g/mol. The van der Waals surface area contributed by atoms with Crippen LogP contribution in [-0.2, 0) is 11.2 Å². The molecule has 0 fully saturated rings. The van der Waals surface area contributed by atoms with E-state index in [0.29, 0.717) is 12.0 Å². The molecule has 0 aliphatic carbocycles. The Morgan fingerprint density at radius 2 is 2.00 bits per heavy atom. The Morgan fingerprint density at radius 3 is 2.58 bits per heavy atom. The molecule has 0 aliphatic heterocycles. The van der Waals surface area contributed by atoms with Crippen molar-refractivity contribution in [2.45, 2.75) is 32.7 Å². The molecule has 19 heavy (non-hydrogen) atoms. The third-order valence-corrected chi connectivity index (χ3v) is 3.45. The zero-order valence-corrected chi connectivity index (χ0v) is 12.8. The maximum Gasteiger partial charge on any atom is 0.122 e. The number of ether oxygens (including phenoxy) is 2. The number of benzene rings is 1. The molecule has 1 aromatic rings. The van der Waals surface area contributed by atoms with Crippen LogP contribution in [0.15, 0.2) is 18.2 Å². The molecule has 0 spiro atoms. The predicted molar refractivity (Wildman–Crippen MR) is 79.9 cm³/mol. The van der Waals surface area contributed by atoms with Crippen LogP contribution in [0, 0.1) is 12.8 Å². The Labute approximate surface area is 117 Å². The van der Waals surface area contributed by atoms with Crippen LogP contribution in [0.25, 0.3) is 0 Å². The fraction of sp³-hybridized carbons (Fsp3) is 0.625. The standard InChI is InChI=1S/C16H27NO2/c1-12-6-7-16(19-5)14(8-12)10-15(17-3)9-13(2)11-18-4/h6-8,13,15,17H,9-11H2,1-5H3. The lowest BCUT2D eigenvalue weighted by Gasteiger charge is -2.21. The third-order valence-electron chi connectivity index (χ3n) is 3.45. The number of hydrogen-bond acceptors (Lipinski definition) is 3. The van der Waals surface area contributed by atoms with Crippen LogP contribution >= 0.6 is 0 Å². The normalized spacial score (nSPS) is 14.2. The molecule has 0 aliphatic rings. The summed E-state index contributed by atoms with van der Waals surface area (Å²) >= 11 is 0. The summed E-state index contributed by atoms with van der Waals surface area (Å²) in [6.07, 6.45) is 2.08. The summed E-state index contributed by atoms with van der Waals surface area (Å²) in [4.78, 5) is 0. The van der Waals surface area contributed by atoms with E-state index in [2.05, 4.69) is 37.4 Å². The summed E-state index contributed by atoms with van der Waals surface area (Å²) in [6.45, 7) is 5.15. The Bertz CT molecular complexity index is 379. The SMILES string of the molecule is CNC(Cc1cc(C)ccc1OC)CC(C)COC. The highest BCUT2D eigenvalue weighted by Gasteiger charge is 2.14. The first-order valence-corrected chi connectivity index (χ1v) is 6.90. The smallest absolute Gasteiger partial charge is 0.122 e. The average Bonchev–Trinajstić information content (AvgIpc) is 2.38. The van der Waals surface area contributed by atoms with E-state index in [1.54, 1.807) is 14.2 Å². The van der Waals surface area contributed by atoms with Crippen molar-refractivity contribution in [3.05, 3.63) is 29.3 Å². The van der Waals surface area contributed by atoms with Gasteiger partial charge in [-0.25, -0.2) is 0 Å². The molecule has 1 N–H and O–H groups in total. The molecule has 2 unspecified atom stereocenters. The van der Waals surface area contributed by atoms with E-state index in [4.69, 9.17) is 9.47 Å². The van der Waals surface area contributed by atoms with Crippen LogP contribution in [0.4, 0.5) is 0 Å². The zero-order chi connectivity index (χ0) is 14.3. The van der Waals surface area contributed by atoms with Crippen molar-refractivity contribution in [3.63, 3.8) is 0 Å². The van der Waals surface area contributed by atoms with Crippen LogP contribution in [0.3, 0.4) is 0 Å². The molecule has 0 amide bonds. The van der Waals surface area contributed by atoms with Crippen molar-refractivity contribution in [1.82, 2.24) is 5.32 Å². The minimum absolute atomic E-state index is 0.445. The van der Waals surface area contributed by atoms with Gasteiger partial charge in [0.25, 0.3) is 0 Å². The Hall–Kier alpha value is -1.06. The van der Waals surface area contributed by atoms with Crippen molar-refractivity contribution in [2.24, 2.45) is 5.92 Å². The fourth-order valence-corrected chi connectivity index (χ4v) is 2.47. The quantitative estimate of drug-likeness (QED) is 0.784. The van der Waals surface area contributed by atoms with Crippen molar-refractivity contribution < 1.29 is 9.47 Å². The highest BCUT2D eigenvalue weighted by Crippen LogP contribution is 2.22. The maximum atomic E-state index is 5.45. The number of methoxy groups -OCH3 is 2. The number of aryl methyl sites for hydroxylation is 1. The van der Waals surface area contributed by atoms with Crippen LogP contribution in [-0.4, -0.2) is 33.9 Å². The number of nitrogens with one attached hydrogen (secondary N) is 1. The summed E-state index contributed by atoms with van der Waals surface area (Å²) in [6, 6.07) is 6.80. The van der Waals surface area contributed by atoms with Gasteiger partial charge in [0, 0.05) is 19.8 Å². The Balaban J connectivity index is 2.72. The highest BCUT2D eigenvalue weighted by molar-refractivity contribution is 5.37. The molecule has 1 aromatic carbocycles. The van der Waals surface area contributed by atoms with E-state index >= 15 is 0 Å². The average molecular weight is 265 g/mol. The number of rotatable bonds is 8. The molecule has 0 bridgehead atoms. The van der Waals surface area contributed by atoms with Crippen molar-refractivity contribution in [2.75, 3.05) is 27.9 Å². The second-order valence-electron chi connectivity index (χ2n) is 5.30. The lowest BCUT2D eigenvalue weighted by atomic mass is 9.95. The van der Waals surface area contributed by atoms with Crippen molar-refractivity contribution in [1.29, 1.82) is 0 Å².